The number of nitrogens with zero attached hydrogens (tertiary/aromatic N) is 2. The second kappa shape index (κ2) is 11.4. The number of ether oxygens (including phenoxy) is 1. The van der Waals surface area contributed by atoms with Gasteiger partial charge >= 0.3 is 10.1 Å². The summed E-state index contributed by atoms with van der Waals surface area (Å²) in [6, 6.07) is 13.9. The van der Waals surface area contributed by atoms with Gasteiger partial charge in [0, 0.05) is 12.7 Å². The fourth-order valence-electron chi connectivity index (χ4n) is 2.99. The SMILES string of the molecule is O=C(Sc1ccccn1)[C@@H]1CC[C@@H](N(OCc2ccccc2)C(=O)OC(Cl)(Cl)Cl)CN1. The fourth-order valence-corrected chi connectivity index (χ4v) is 4.00. The number of piperidine rings is 1. The number of benzene rings is 1. The number of amides is 1. The van der Waals surface area contributed by atoms with Gasteiger partial charge in [-0.3, -0.25) is 9.63 Å². The minimum atomic E-state index is -2.22. The van der Waals surface area contributed by atoms with Crippen LogP contribution in [0.15, 0.2) is 59.8 Å². The topological polar surface area (TPSA) is 80.8 Å². The highest BCUT2D eigenvalue weighted by Crippen LogP contribution is 2.30. The molecule has 31 heavy (non-hydrogen) atoms. The molecular weight excluding hydrogens is 485 g/mol. The van der Waals surface area contributed by atoms with Crippen molar-refractivity contribution < 1.29 is 19.2 Å². The van der Waals surface area contributed by atoms with E-state index in [0.717, 1.165) is 22.4 Å². The number of alkyl halides is 3. The van der Waals surface area contributed by atoms with Crippen LogP contribution < -0.4 is 5.32 Å². The molecule has 0 bridgehead atoms. The van der Waals surface area contributed by atoms with Crippen LogP contribution in [0.4, 0.5) is 4.79 Å². The van der Waals surface area contributed by atoms with E-state index in [9.17, 15) is 9.59 Å². The maximum atomic E-state index is 12.6. The third kappa shape index (κ3) is 7.82. The van der Waals surface area contributed by atoms with Crippen LogP contribution in [0.5, 0.6) is 0 Å². The molecule has 3 rings (SSSR count). The number of thioether (sulfide) groups is 1. The van der Waals surface area contributed by atoms with Gasteiger partial charge in [0.2, 0.25) is 5.12 Å². The van der Waals surface area contributed by atoms with Crippen molar-refractivity contribution >= 4 is 57.8 Å². The number of carbonyl (C=O) groups is 2. The summed E-state index contributed by atoms with van der Waals surface area (Å²) in [5.74, 6) is 0. The molecule has 0 saturated carbocycles. The minimum absolute atomic E-state index is 0.0437. The third-order valence-electron chi connectivity index (χ3n) is 4.44. The maximum absolute atomic E-state index is 12.6. The van der Waals surface area contributed by atoms with E-state index in [1.165, 1.54) is 0 Å². The predicted octanol–water partition coefficient (Wildman–Crippen LogP) is 4.72. The van der Waals surface area contributed by atoms with E-state index in [1.807, 2.05) is 36.4 Å². The first-order valence-corrected chi connectivity index (χ1v) is 11.4. The molecule has 1 N–H and O–H groups in total. The zero-order valence-electron chi connectivity index (χ0n) is 16.2. The molecule has 7 nitrogen and oxygen atoms in total. The molecule has 1 aromatic carbocycles. The van der Waals surface area contributed by atoms with E-state index >= 15 is 0 Å². The van der Waals surface area contributed by atoms with Crippen LogP contribution in [-0.4, -0.2) is 43.9 Å². The Hall–Kier alpha value is -1.55. The molecule has 1 aliphatic heterocycles. The first-order chi connectivity index (χ1) is 14.8. The highest BCUT2D eigenvalue weighted by Gasteiger charge is 2.36. The van der Waals surface area contributed by atoms with Crippen molar-refractivity contribution in [3.63, 3.8) is 0 Å². The van der Waals surface area contributed by atoms with Crippen LogP contribution in [0.3, 0.4) is 0 Å². The molecule has 0 unspecified atom stereocenters. The molecule has 1 saturated heterocycles. The number of hydrogen-bond acceptors (Lipinski definition) is 7. The van der Waals surface area contributed by atoms with Crippen molar-refractivity contribution in [2.24, 2.45) is 0 Å². The van der Waals surface area contributed by atoms with Gasteiger partial charge < -0.3 is 10.1 Å². The molecule has 1 aliphatic rings. The zero-order valence-corrected chi connectivity index (χ0v) is 19.3. The molecular formula is C20H20Cl3N3O4S. The van der Waals surface area contributed by atoms with Crippen LogP contribution >= 0.6 is 46.6 Å². The molecule has 1 fully saturated rings. The smallest absolute Gasteiger partial charge is 0.396 e. The van der Waals surface area contributed by atoms with Gasteiger partial charge in [0.25, 0.3) is 0 Å². The van der Waals surface area contributed by atoms with Crippen LogP contribution in [-0.2, 0) is 21.0 Å². The van der Waals surface area contributed by atoms with Gasteiger partial charge in [0.15, 0.2) is 0 Å². The van der Waals surface area contributed by atoms with Crippen molar-refractivity contribution in [3.05, 3.63) is 60.3 Å². The highest BCUT2D eigenvalue weighted by atomic mass is 35.6. The molecule has 2 aromatic rings. The number of nitrogens with one attached hydrogen (secondary N) is 1. The van der Waals surface area contributed by atoms with Gasteiger partial charge in [0.05, 0.1) is 12.1 Å². The number of hydroxylamine groups is 2. The number of halogens is 3. The summed E-state index contributed by atoms with van der Waals surface area (Å²) in [6.07, 6.45) is 1.71. The Kier molecular flexibility index (Phi) is 8.83. The lowest BCUT2D eigenvalue weighted by Crippen LogP contribution is -2.53. The lowest BCUT2D eigenvalue weighted by atomic mass is 10.0. The van der Waals surface area contributed by atoms with Crippen LogP contribution in [0.1, 0.15) is 18.4 Å². The van der Waals surface area contributed by atoms with Gasteiger partial charge in [-0.2, -0.15) is 5.06 Å². The first kappa shape index (κ1) is 24.1. The van der Waals surface area contributed by atoms with Gasteiger partial charge in [0.1, 0.15) is 11.6 Å². The zero-order chi connectivity index (χ0) is 22.3. The summed E-state index contributed by atoms with van der Waals surface area (Å²) in [7, 11) is 0. The Morgan fingerprint density at radius 3 is 2.48 bits per heavy atom. The van der Waals surface area contributed by atoms with Gasteiger partial charge in [-0.1, -0.05) is 36.4 Å². The molecule has 0 spiro atoms. The average Bonchev–Trinajstić information content (AvgIpc) is 2.74. The summed E-state index contributed by atoms with van der Waals surface area (Å²) in [6.45, 7) is 0.438. The number of hydrogen-bond donors (Lipinski definition) is 1. The van der Waals surface area contributed by atoms with Crippen molar-refractivity contribution in [2.75, 3.05) is 6.54 Å². The Morgan fingerprint density at radius 2 is 1.87 bits per heavy atom. The van der Waals surface area contributed by atoms with E-state index in [0.29, 0.717) is 24.4 Å². The molecule has 2 heterocycles. The quantitative estimate of drug-likeness (QED) is 0.346. The van der Waals surface area contributed by atoms with Gasteiger partial charge in [-0.05, 0) is 77.1 Å². The second-order valence-electron chi connectivity index (χ2n) is 6.68. The summed E-state index contributed by atoms with van der Waals surface area (Å²) in [4.78, 5) is 35.0. The molecule has 11 heteroatoms. The van der Waals surface area contributed by atoms with Crippen LogP contribution in [0, 0.1) is 0 Å². The van der Waals surface area contributed by atoms with Gasteiger partial charge in [-0.15, -0.1) is 0 Å². The van der Waals surface area contributed by atoms with E-state index in [-0.39, 0.29) is 17.8 Å². The Balaban J connectivity index is 1.60. The van der Waals surface area contributed by atoms with Crippen LogP contribution in [0.25, 0.3) is 0 Å². The highest BCUT2D eigenvalue weighted by molar-refractivity contribution is 8.13. The van der Waals surface area contributed by atoms with E-state index in [4.69, 9.17) is 44.4 Å². The average molecular weight is 505 g/mol. The van der Waals surface area contributed by atoms with Crippen LogP contribution in [0.2, 0.25) is 0 Å². The second-order valence-corrected chi connectivity index (χ2v) is 9.88. The molecule has 0 radical (unpaired) electrons. The molecule has 1 amide bonds. The Bertz CT molecular complexity index is 863. The summed E-state index contributed by atoms with van der Waals surface area (Å²) >= 11 is 17.9. The number of rotatable bonds is 6. The fraction of sp³-hybridized carbons (Fsp3) is 0.350. The Morgan fingerprint density at radius 1 is 1.13 bits per heavy atom. The number of aromatic nitrogens is 1. The van der Waals surface area contributed by atoms with Crippen molar-refractivity contribution in [3.8, 4) is 0 Å². The number of carbonyl (C=O) groups excluding carboxylic acids is 2. The standard InChI is InChI=1S/C20H20Cl3N3O4S/c21-20(22,23)30-19(28)26(29-13-14-6-2-1-3-7-14)15-9-10-16(25-12-15)18(27)31-17-8-4-5-11-24-17/h1-8,11,15-16,25H,9-10,12-13H2/t15-,16+/m1/s1. The molecule has 0 aliphatic carbocycles. The number of pyridine rings is 1. The van der Waals surface area contributed by atoms with E-state index in [1.54, 1.807) is 18.3 Å². The van der Waals surface area contributed by atoms with E-state index < -0.39 is 16.1 Å². The summed E-state index contributed by atoms with van der Waals surface area (Å²) in [5, 5.41) is 4.81. The van der Waals surface area contributed by atoms with Crippen molar-refractivity contribution in [1.29, 1.82) is 0 Å². The third-order valence-corrected chi connectivity index (χ3v) is 5.61. The normalized spacial score (nSPS) is 18.9. The molecule has 2 atom stereocenters. The van der Waals surface area contributed by atoms with E-state index in [2.05, 4.69) is 10.3 Å². The van der Waals surface area contributed by atoms with Crippen molar-refractivity contribution in [1.82, 2.24) is 15.4 Å². The minimum Gasteiger partial charge on any atom is -0.396 e. The predicted molar refractivity (Wildman–Crippen MR) is 120 cm³/mol. The van der Waals surface area contributed by atoms with Gasteiger partial charge in [-0.25, -0.2) is 9.78 Å². The lowest BCUT2D eigenvalue weighted by molar-refractivity contribution is -0.175. The largest absolute Gasteiger partial charge is 0.437 e. The summed E-state index contributed by atoms with van der Waals surface area (Å²) < 4.78 is 2.63. The maximum Gasteiger partial charge on any atom is 0.437 e. The molecule has 166 valence electrons. The van der Waals surface area contributed by atoms with Crippen molar-refractivity contribution in [2.45, 2.75) is 40.5 Å². The summed E-state index contributed by atoms with van der Waals surface area (Å²) in [5.41, 5.74) is 0.859. The molecule has 1 aromatic heterocycles. The monoisotopic (exact) mass is 503 g/mol. The first-order valence-electron chi connectivity index (χ1n) is 9.44. The Labute approximate surface area is 199 Å². The lowest BCUT2D eigenvalue weighted by Gasteiger charge is -2.35.